The van der Waals surface area contributed by atoms with Crippen molar-refractivity contribution in [2.45, 2.75) is 6.54 Å². The Morgan fingerprint density at radius 3 is 2.51 bits per heavy atom. The van der Waals surface area contributed by atoms with Crippen molar-refractivity contribution in [3.8, 4) is 11.1 Å². The molecule has 0 aliphatic heterocycles. The van der Waals surface area contributed by atoms with Crippen molar-refractivity contribution in [3.63, 3.8) is 0 Å². The first-order valence-electron chi connectivity index (χ1n) is 12.2. The quantitative estimate of drug-likeness (QED) is 0.200. The zero-order valence-corrected chi connectivity index (χ0v) is 21.4. The molecule has 0 saturated carbocycles. The number of methoxy groups -OCH3 is 1. The summed E-state index contributed by atoms with van der Waals surface area (Å²) in [5, 5.41) is 5.23. The average molecular weight is 521 g/mol. The van der Waals surface area contributed by atoms with Crippen LogP contribution in [0.4, 0.5) is 10.1 Å². The lowest BCUT2D eigenvalue weighted by Gasteiger charge is -2.23. The number of benzene rings is 3. The van der Waals surface area contributed by atoms with Gasteiger partial charge in [-0.3, -0.25) is 14.5 Å². The zero-order chi connectivity index (χ0) is 27.4. The predicted molar refractivity (Wildman–Crippen MR) is 148 cm³/mol. The molecule has 0 aliphatic carbocycles. The number of halogens is 1. The lowest BCUT2D eigenvalue weighted by Crippen LogP contribution is -2.31. The Bertz CT molecular complexity index is 1700. The fourth-order valence-electron chi connectivity index (χ4n) is 4.30. The van der Waals surface area contributed by atoms with Gasteiger partial charge in [-0.1, -0.05) is 36.4 Å². The number of hydrogen-bond donors (Lipinski definition) is 0. The van der Waals surface area contributed by atoms with Crippen LogP contribution >= 0.6 is 0 Å². The van der Waals surface area contributed by atoms with Gasteiger partial charge >= 0.3 is 5.97 Å². The van der Waals surface area contributed by atoms with Gasteiger partial charge in [-0.05, 0) is 59.2 Å². The summed E-state index contributed by atoms with van der Waals surface area (Å²) in [5.74, 6) is -1.25. The van der Waals surface area contributed by atoms with Gasteiger partial charge in [0.2, 0.25) is 0 Å². The molecule has 0 saturated heterocycles. The van der Waals surface area contributed by atoms with Crippen LogP contribution in [0.15, 0.2) is 97.5 Å². The van der Waals surface area contributed by atoms with E-state index in [1.54, 1.807) is 59.5 Å². The van der Waals surface area contributed by atoms with E-state index in [-0.39, 0.29) is 12.5 Å². The molecule has 2 aromatic heterocycles. The number of aryl methyl sites for hydroxylation is 1. The van der Waals surface area contributed by atoms with Crippen LogP contribution in [0.1, 0.15) is 21.5 Å². The summed E-state index contributed by atoms with van der Waals surface area (Å²) in [4.78, 5) is 30.8. The van der Waals surface area contributed by atoms with Crippen LogP contribution in [0.25, 0.3) is 28.1 Å². The molecule has 0 spiro atoms. The van der Waals surface area contributed by atoms with Crippen LogP contribution < -0.4 is 4.90 Å². The molecule has 0 N–H and O–H groups in total. The molecule has 0 unspecified atom stereocenters. The summed E-state index contributed by atoms with van der Waals surface area (Å²) in [6.45, 7) is -0.0205. The van der Waals surface area contributed by atoms with Gasteiger partial charge in [0.25, 0.3) is 5.91 Å². The molecule has 0 atom stereocenters. The summed E-state index contributed by atoms with van der Waals surface area (Å²) in [7, 11) is 3.16. The molecule has 0 bridgehead atoms. The summed E-state index contributed by atoms with van der Waals surface area (Å²) >= 11 is 0. The molecule has 0 radical (unpaired) electrons. The topological polar surface area (TPSA) is 77.3 Å². The minimum absolute atomic E-state index is 0.0205. The van der Waals surface area contributed by atoms with E-state index in [0.29, 0.717) is 22.4 Å². The van der Waals surface area contributed by atoms with Crippen LogP contribution in [0.2, 0.25) is 0 Å². The molecule has 0 fully saturated rings. The Morgan fingerprint density at radius 1 is 0.974 bits per heavy atom. The highest BCUT2D eigenvalue weighted by Crippen LogP contribution is 2.28. The number of esters is 1. The largest absolute Gasteiger partial charge is 0.466 e. The van der Waals surface area contributed by atoms with E-state index < -0.39 is 11.8 Å². The maximum Gasteiger partial charge on any atom is 0.330 e. The molecule has 7 nitrogen and oxygen atoms in total. The van der Waals surface area contributed by atoms with Crippen molar-refractivity contribution in [1.29, 1.82) is 0 Å². The number of nitrogens with zero attached hydrogens (tertiary/aromatic N) is 4. The number of ether oxygens (including phenoxy) is 1. The van der Waals surface area contributed by atoms with E-state index in [1.165, 1.54) is 30.3 Å². The van der Waals surface area contributed by atoms with Gasteiger partial charge in [-0.25, -0.2) is 9.18 Å². The smallest absolute Gasteiger partial charge is 0.330 e. The highest BCUT2D eigenvalue weighted by Gasteiger charge is 2.21. The highest BCUT2D eigenvalue weighted by atomic mass is 19.1. The second-order valence-corrected chi connectivity index (χ2v) is 8.94. The second-order valence-electron chi connectivity index (χ2n) is 8.94. The number of anilines is 1. The van der Waals surface area contributed by atoms with E-state index >= 15 is 4.39 Å². The standard InChI is InChI=1S/C31H25FN4O3/c1-35-29-12-11-23(15-26(29)18-34-35)24-9-10-25(28(32)16-24)20-36(31(38)22-6-4-3-5-7-22)27-14-21(17-33-19-27)8-13-30(37)39-2/h3-19H,20H2,1-2H3. The Balaban J connectivity index is 1.48. The first kappa shape index (κ1) is 25.5. The minimum Gasteiger partial charge on any atom is -0.466 e. The first-order chi connectivity index (χ1) is 18.9. The summed E-state index contributed by atoms with van der Waals surface area (Å²) in [6, 6.07) is 21.4. The van der Waals surface area contributed by atoms with Crippen molar-refractivity contribution in [2.24, 2.45) is 7.05 Å². The third-order valence-electron chi connectivity index (χ3n) is 6.40. The number of aromatic nitrogens is 3. The van der Waals surface area contributed by atoms with E-state index in [4.69, 9.17) is 0 Å². The lowest BCUT2D eigenvalue weighted by atomic mass is 10.0. The first-order valence-corrected chi connectivity index (χ1v) is 12.2. The summed E-state index contributed by atoms with van der Waals surface area (Å²) in [6.07, 6.45) is 7.68. The number of carbonyl (C=O) groups is 2. The van der Waals surface area contributed by atoms with Crippen LogP contribution in [0, 0.1) is 5.82 Å². The van der Waals surface area contributed by atoms with E-state index in [2.05, 4.69) is 14.8 Å². The number of pyridine rings is 1. The lowest BCUT2D eigenvalue weighted by molar-refractivity contribution is -0.134. The zero-order valence-electron chi connectivity index (χ0n) is 21.4. The van der Waals surface area contributed by atoms with Gasteiger partial charge in [-0.15, -0.1) is 0 Å². The predicted octanol–water partition coefficient (Wildman–Crippen LogP) is 5.81. The third-order valence-corrected chi connectivity index (χ3v) is 6.40. The van der Waals surface area contributed by atoms with Crippen molar-refractivity contribution < 1.29 is 18.7 Å². The molecule has 194 valence electrons. The Morgan fingerprint density at radius 2 is 1.74 bits per heavy atom. The number of fused-ring (bicyclic) bond motifs is 1. The Kier molecular flexibility index (Phi) is 7.27. The van der Waals surface area contributed by atoms with Gasteiger partial charge < -0.3 is 9.64 Å². The maximum absolute atomic E-state index is 15.5. The van der Waals surface area contributed by atoms with Crippen molar-refractivity contribution in [3.05, 3.63) is 120 Å². The van der Waals surface area contributed by atoms with E-state index in [9.17, 15) is 9.59 Å². The normalized spacial score (nSPS) is 11.2. The highest BCUT2D eigenvalue weighted by molar-refractivity contribution is 6.06. The monoisotopic (exact) mass is 520 g/mol. The Hall–Kier alpha value is -5.11. The van der Waals surface area contributed by atoms with Crippen LogP contribution in [0.5, 0.6) is 0 Å². The molecular weight excluding hydrogens is 495 g/mol. The van der Waals surface area contributed by atoms with Gasteiger partial charge in [0.15, 0.2) is 0 Å². The van der Waals surface area contributed by atoms with Crippen molar-refractivity contribution in [1.82, 2.24) is 14.8 Å². The Labute approximate surface area is 224 Å². The van der Waals surface area contributed by atoms with Crippen LogP contribution in [-0.2, 0) is 23.1 Å². The van der Waals surface area contributed by atoms with Crippen LogP contribution in [-0.4, -0.2) is 33.8 Å². The number of rotatable bonds is 7. The molecule has 5 rings (SSSR count). The summed E-state index contributed by atoms with van der Waals surface area (Å²) in [5.41, 5.74) is 4.43. The van der Waals surface area contributed by atoms with Crippen molar-refractivity contribution >= 4 is 34.5 Å². The molecule has 2 heterocycles. The molecule has 8 heteroatoms. The second kappa shape index (κ2) is 11.1. The van der Waals surface area contributed by atoms with E-state index in [0.717, 1.165) is 22.0 Å². The number of carbonyl (C=O) groups excluding carboxylic acids is 2. The van der Waals surface area contributed by atoms with Gasteiger partial charge in [0.05, 0.1) is 37.3 Å². The molecular formula is C31H25FN4O3. The molecule has 39 heavy (non-hydrogen) atoms. The third kappa shape index (κ3) is 5.60. The molecule has 3 aromatic carbocycles. The SMILES string of the molecule is COC(=O)C=Cc1cncc(N(Cc2ccc(-c3ccc4c(cnn4C)c3)cc2F)C(=O)c2ccccc2)c1. The maximum atomic E-state index is 15.5. The number of hydrogen-bond acceptors (Lipinski definition) is 5. The van der Waals surface area contributed by atoms with Gasteiger partial charge in [0.1, 0.15) is 5.82 Å². The molecule has 0 aliphatic rings. The fourth-order valence-corrected chi connectivity index (χ4v) is 4.30. The van der Waals surface area contributed by atoms with Crippen molar-refractivity contribution in [2.75, 3.05) is 12.0 Å². The summed E-state index contributed by atoms with van der Waals surface area (Å²) < 4.78 is 21.9. The molecule has 1 amide bonds. The molecule has 5 aromatic rings. The van der Waals surface area contributed by atoms with E-state index in [1.807, 2.05) is 37.4 Å². The minimum atomic E-state index is -0.512. The average Bonchev–Trinajstić information content (AvgIpc) is 3.35. The van der Waals surface area contributed by atoms with Crippen LogP contribution in [0.3, 0.4) is 0 Å². The van der Waals surface area contributed by atoms with Gasteiger partial charge in [-0.2, -0.15) is 5.10 Å². The van der Waals surface area contributed by atoms with Gasteiger partial charge in [0, 0.05) is 35.8 Å². The fraction of sp³-hybridized carbons (Fsp3) is 0.0968. The number of amides is 1.